The lowest BCUT2D eigenvalue weighted by Gasteiger charge is -2.42. The van der Waals surface area contributed by atoms with Gasteiger partial charge in [0.25, 0.3) is 0 Å². The summed E-state index contributed by atoms with van der Waals surface area (Å²) in [6.45, 7) is 3.10. The molecule has 1 N–H and O–H groups in total. The van der Waals surface area contributed by atoms with Crippen molar-refractivity contribution in [1.82, 2.24) is 19.8 Å². The van der Waals surface area contributed by atoms with Crippen LogP contribution in [0.4, 0.5) is 23.7 Å². The van der Waals surface area contributed by atoms with E-state index in [0.717, 1.165) is 16.9 Å². The van der Waals surface area contributed by atoms with E-state index in [1.807, 2.05) is 47.4 Å². The molecule has 42 heavy (non-hydrogen) atoms. The highest BCUT2D eigenvalue weighted by molar-refractivity contribution is 6.30. The van der Waals surface area contributed by atoms with Gasteiger partial charge in [-0.3, -0.25) is 9.80 Å². The second-order valence-electron chi connectivity index (χ2n) is 10.7. The van der Waals surface area contributed by atoms with E-state index in [1.54, 1.807) is 42.7 Å². The predicted molar refractivity (Wildman–Crippen MR) is 158 cm³/mol. The van der Waals surface area contributed by atoms with E-state index in [-0.39, 0.29) is 17.6 Å². The predicted octanol–water partition coefficient (Wildman–Crippen LogP) is 7.70. The number of likely N-dealkylation sites (tertiary alicyclic amines) is 1. The van der Waals surface area contributed by atoms with Crippen LogP contribution in [-0.2, 0) is 12.7 Å². The number of urea groups is 1. The van der Waals surface area contributed by atoms with Crippen molar-refractivity contribution in [2.75, 3.05) is 25.0 Å². The largest absolute Gasteiger partial charge is 0.416 e. The van der Waals surface area contributed by atoms with Crippen molar-refractivity contribution in [3.05, 3.63) is 118 Å². The van der Waals surface area contributed by atoms with E-state index in [4.69, 9.17) is 11.6 Å². The molecule has 4 aromatic rings. The maximum absolute atomic E-state index is 13.9. The first-order chi connectivity index (χ1) is 20.1. The average Bonchev–Trinajstić information content (AvgIpc) is 3.51. The average molecular weight is 596 g/mol. The molecule has 1 saturated heterocycles. The highest BCUT2D eigenvalue weighted by Crippen LogP contribution is 2.37. The number of hydrogen-bond acceptors (Lipinski definition) is 3. The van der Waals surface area contributed by atoms with Crippen LogP contribution in [0.25, 0.3) is 0 Å². The molecule has 1 atom stereocenters. The van der Waals surface area contributed by atoms with Gasteiger partial charge in [-0.1, -0.05) is 54.1 Å². The van der Waals surface area contributed by atoms with Crippen molar-refractivity contribution >= 4 is 23.3 Å². The number of halogens is 4. The smallest absolute Gasteiger partial charge is 0.347 e. The second kappa shape index (κ2) is 12.6. The number of carbonyl (C=O) groups is 1. The van der Waals surface area contributed by atoms with Crippen molar-refractivity contribution in [3.8, 4) is 0 Å². The number of imidazole rings is 1. The summed E-state index contributed by atoms with van der Waals surface area (Å²) >= 11 is 6.07. The fourth-order valence-electron chi connectivity index (χ4n) is 5.67. The third-order valence-electron chi connectivity index (χ3n) is 7.94. The first-order valence-electron chi connectivity index (χ1n) is 13.9. The molecule has 2 heterocycles. The van der Waals surface area contributed by atoms with Crippen molar-refractivity contribution in [1.29, 1.82) is 0 Å². The Kier molecular flexibility index (Phi) is 8.89. The molecule has 220 valence electrons. The maximum Gasteiger partial charge on any atom is 0.416 e. The highest BCUT2D eigenvalue weighted by atomic mass is 35.5. The van der Waals surface area contributed by atoms with E-state index >= 15 is 0 Å². The third kappa shape index (κ3) is 6.63. The number of aromatic nitrogens is 2. The van der Waals surface area contributed by atoms with Crippen molar-refractivity contribution in [2.45, 2.75) is 44.6 Å². The quantitative estimate of drug-likeness (QED) is 0.238. The highest BCUT2D eigenvalue weighted by Gasteiger charge is 2.36. The number of nitrogens with one attached hydrogen (secondary N) is 1. The molecule has 0 radical (unpaired) electrons. The topological polar surface area (TPSA) is 55.5 Å². The number of anilines is 1. The van der Waals surface area contributed by atoms with Gasteiger partial charge in [0.1, 0.15) is 0 Å². The molecule has 0 saturated carbocycles. The molecule has 1 fully saturated rings. The zero-order valence-corrected chi connectivity index (χ0v) is 24.2. The van der Waals surface area contributed by atoms with Crippen LogP contribution in [0.15, 0.2) is 85.3 Å². The number of alkyl halides is 3. The van der Waals surface area contributed by atoms with E-state index in [9.17, 15) is 18.0 Å². The molecule has 2 amide bonds. The maximum atomic E-state index is 13.9. The molecule has 1 aliphatic heterocycles. The summed E-state index contributed by atoms with van der Waals surface area (Å²) in [4.78, 5) is 26.9. The zero-order valence-electron chi connectivity index (χ0n) is 23.5. The number of hydrogen-bond donors (Lipinski definition) is 1. The van der Waals surface area contributed by atoms with Crippen LogP contribution in [0.1, 0.15) is 46.8 Å². The number of carbonyl (C=O) groups excluding carboxylic acids is 1. The summed E-state index contributed by atoms with van der Waals surface area (Å²) in [6, 6.07) is 20.9. The third-order valence-corrected chi connectivity index (χ3v) is 8.20. The van der Waals surface area contributed by atoms with Gasteiger partial charge in [-0.2, -0.15) is 13.2 Å². The number of aryl methyl sites for hydroxylation is 1. The zero-order chi connectivity index (χ0) is 29.9. The van der Waals surface area contributed by atoms with E-state index in [1.165, 1.54) is 19.1 Å². The Bertz CT molecular complexity index is 1470. The molecule has 5 rings (SSSR count). The number of aromatic amines is 1. The van der Waals surface area contributed by atoms with Crippen LogP contribution in [0, 0.1) is 6.92 Å². The molecule has 6 nitrogen and oxygen atoms in total. The van der Waals surface area contributed by atoms with E-state index in [2.05, 4.69) is 14.9 Å². The standard InChI is InChI=1S/C32H33ClF3N5O/c1-22-8-9-24(18-28(22)32(34,35)36)30(29-19-37-21-38-29)40-16-14-27(15-17-40)41(20-23-6-4-3-5-7-23)31(42)39(2)26-12-10-25(33)11-13-26/h3-13,18-19,21,27,30H,14-17,20H2,1-2H3,(H,37,38). The monoisotopic (exact) mass is 595 g/mol. The summed E-state index contributed by atoms with van der Waals surface area (Å²) in [6.07, 6.45) is 0.0857. The normalized spacial score (nSPS) is 15.4. The van der Waals surface area contributed by atoms with Gasteiger partial charge in [-0.25, -0.2) is 9.78 Å². The van der Waals surface area contributed by atoms with Crippen LogP contribution >= 0.6 is 11.6 Å². The molecular weight excluding hydrogens is 563 g/mol. The van der Waals surface area contributed by atoms with Crippen LogP contribution in [0.5, 0.6) is 0 Å². The number of rotatable bonds is 7. The summed E-state index contributed by atoms with van der Waals surface area (Å²) < 4.78 is 41.4. The molecule has 1 unspecified atom stereocenters. The number of piperidine rings is 1. The summed E-state index contributed by atoms with van der Waals surface area (Å²) in [5, 5.41) is 0.593. The summed E-state index contributed by atoms with van der Waals surface area (Å²) in [5.41, 5.74) is 2.59. The van der Waals surface area contributed by atoms with Gasteiger partial charge in [0.2, 0.25) is 0 Å². The molecule has 0 bridgehead atoms. The molecule has 1 aromatic heterocycles. The number of benzene rings is 3. The lowest BCUT2D eigenvalue weighted by molar-refractivity contribution is -0.138. The van der Waals surface area contributed by atoms with Gasteiger partial charge in [-0.15, -0.1) is 0 Å². The second-order valence-corrected chi connectivity index (χ2v) is 11.1. The Morgan fingerprint density at radius 3 is 2.38 bits per heavy atom. The summed E-state index contributed by atoms with van der Waals surface area (Å²) in [7, 11) is 1.75. The Hall–Kier alpha value is -3.82. The van der Waals surface area contributed by atoms with Crippen molar-refractivity contribution < 1.29 is 18.0 Å². The van der Waals surface area contributed by atoms with Crippen LogP contribution < -0.4 is 4.90 Å². The minimum Gasteiger partial charge on any atom is -0.347 e. The van der Waals surface area contributed by atoms with Gasteiger partial charge < -0.3 is 9.88 Å². The van der Waals surface area contributed by atoms with E-state index < -0.39 is 17.8 Å². The molecule has 10 heteroatoms. The number of nitrogens with zero attached hydrogens (tertiary/aromatic N) is 4. The fraction of sp³-hybridized carbons (Fsp3) is 0.312. The first kappa shape index (κ1) is 29.7. The molecule has 3 aromatic carbocycles. The lowest BCUT2D eigenvalue weighted by Crippen LogP contribution is -2.51. The minimum absolute atomic E-state index is 0.0603. The van der Waals surface area contributed by atoms with Crippen LogP contribution in [0.2, 0.25) is 5.02 Å². The van der Waals surface area contributed by atoms with Gasteiger partial charge in [0.15, 0.2) is 0 Å². The number of amides is 2. The summed E-state index contributed by atoms with van der Waals surface area (Å²) in [5.74, 6) is 0. The number of H-pyrrole nitrogens is 1. The van der Waals surface area contributed by atoms with Gasteiger partial charge >= 0.3 is 12.2 Å². The Balaban J connectivity index is 1.39. The van der Waals surface area contributed by atoms with Crippen molar-refractivity contribution in [2.24, 2.45) is 0 Å². The Labute approximate surface area is 248 Å². The fourth-order valence-corrected chi connectivity index (χ4v) is 5.80. The molecule has 1 aliphatic rings. The van der Waals surface area contributed by atoms with E-state index in [0.29, 0.717) is 43.1 Å². The SMILES string of the molecule is Cc1ccc(C(c2cnc[nH]2)N2CCC(N(Cc3ccccc3)C(=O)N(C)c3ccc(Cl)cc3)CC2)cc1C(F)(F)F. The van der Waals surface area contributed by atoms with Gasteiger partial charge in [0.05, 0.1) is 23.6 Å². The van der Waals surface area contributed by atoms with Crippen LogP contribution in [0.3, 0.4) is 0 Å². The Morgan fingerprint density at radius 1 is 1.07 bits per heavy atom. The molecule has 0 aliphatic carbocycles. The van der Waals surface area contributed by atoms with Gasteiger partial charge in [-0.05, 0) is 66.8 Å². The minimum atomic E-state index is -4.44. The molecule has 0 spiro atoms. The van der Waals surface area contributed by atoms with Crippen LogP contribution in [-0.4, -0.2) is 52.0 Å². The van der Waals surface area contributed by atoms with Crippen molar-refractivity contribution in [3.63, 3.8) is 0 Å². The molecular formula is C32H33ClF3N5O. The Morgan fingerprint density at radius 2 is 1.76 bits per heavy atom. The first-order valence-corrected chi connectivity index (χ1v) is 14.2. The lowest BCUT2D eigenvalue weighted by atomic mass is 9.94. The van der Waals surface area contributed by atoms with Gasteiger partial charge in [0, 0.05) is 49.6 Å².